The Morgan fingerprint density at radius 1 is 1.38 bits per heavy atom. The van der Waals surface area contributed by atoms with Crippen LogP contribution in [-0.4, -0.2) is 10.5 Å². The Morgan fingerprint density at radius 3 is 2.95 bits per heavy atom. The van der Waals surface area contributed by atoms with E-state index in [1.807, 2.05) is 29.1 Å². The number of halogens is 1. The van der Waals surface area contributed by atoms with E-state index in [2.05, 4.69) is 5.32 Å². The highest BCUT2D eigenvalue weighted by Crippen LogP contribution is 2.28. The molecular weight excluding hydrogens is 286 g/mol. The molecule has 110 valence electrons. The van der Waals surface area contributed by atoms with E-state index in [1.165, 1.54) is 11.1 Å². The van der Waals surface area contributed by atoms with Gasteiger partial charge in [-0.3, -0.25) is 4.79 Å². The van der Waals surface area contributed by atoms with Gasteiger partial charge in [-0.2, -0.15) is 0 Å². The van der Waals surface area contributed by atoms with Gasteiger partial charge in [0, 0.05) is 18.4 Å². The van der Waals surface area contributed by atoms with Crippen molar-refractivity contribution in [3.05, 3.63) is 52.8 Å². The summed E-state index contributed by atoms with van der Waals surface area (Å²) in [4.78, 5) is 12.1. The summed E-state index contributed by atoms with van der Waals surface area (Å²) in [6.45, 7) is 0.269. The fraction of sp³-hybridized carbons (Fsp3) is 0.312. The number of carbonyl (C=O) groups excluding carboxylic acids is 1. The Labute approximate surface area is 128 Å². The minimum Gasteiger partial charge on any atom is -0.344 e. The SMILES string of the molecule is NC1CCCc2cn(CC(=O)Nc3ccccc3Cl)cc21. The van der Waals surface area contributed by atoms with Crippen LogP contribution in [0.1, 0.15) is 30.0 Å². The minimum atomic E-state index is -0.0935. The van der Waals surface area contributed by atoms with Gasteiger partial charge in [0.2, 0.25) is 5.91 Å². The zero-order valence-electron chi connectivity index (χ0n) is 11.7. The third-order valence-electron chi connectivity index (χ3n) is 3.83. The Kier molecular flexibility index (Phi) is 3.99. The van der Waals surface area contributed by atoms with Gasteiger partial charge in [0.05, 0.1) is 10.7 Å². The van der Waals surface area contributed by atoms with Crippen LogP contribution in [0.5, 0.6) is 0 Å². The number of hydrogen-bond donors (Lipinski definition) is 2. The van der Waals surface area contributed by atoms with Crippen molar-refractivity contribution in [2.75, 3.05) is 5.32 Å². The Balaban J connectivity index is 1.69. The number of nitrogens with two attached hydrogens (primary N) is 1. The van der Waals surface area contributed by atoms with E-state index in [0.29, 0.717) is 10.7 Å². The topological polar surface area (TPSA) is 60.0 Å². The van der Waals surface area contributed by atoms with Crippen LogP contribution in [0, 0.1) is 0 Å². The zero-order valence-corrected chi connectivity index (χ0v) is 12.4. The first-order valence-corrected chi connectivity index (χ1v) is 7.50. The molecule has 0 radical (unpaired) electrons. The molecule has 1 aromatic heterocycles. The van der Waals surface area contributed by atoms with Gasteiger partial charge < -0.3 is 15.6 Å². The molecule has 0 fully saturated rings. The molecular formula is C16H18ClN3O. The molecule has 3 N–H and O–H groups in total. The van der Waals surface area contributed by atoms with Gasteiger partial charge in [-0.25, -0.2) is 0 Å². The fourth-order valence-electron chi connectivity index (χ4n) is 2.79. The number of aryl methyl sites for hydroxylation is 1. The third-order valence-corrected chi connectivity index (χ3v) is 4.16. The highest BCUT2D eigenvalue weighted by molar-refractivity contribution is 6.33. The first-order valence-electron chi connectivity index (χ1n) is 7.12. The molecule has 0 saturated heterocycles. The normalized spacial score (nSPS) is 17.3. The molecule has 2 aromatic rings. The lowest BCUT2D eigenvalue weighted by Crippen LogP contribution is -2.18. The number of nitrogens with zero attached hydrogens (tertiary/aromatic N) is 1. The second-order valence-electron chi connectivity index (χ2n) is 5.44. The van der Waals surface area contributed by atoms with Crippen molar-refractivity contribution in [2.24, 2.45) is 5.73 Å². The van der Waals surface area contributed by atoms with E-state index in [0.717, 1.165) is 19.3 Å². The quantitative estimate of drug-likeness (QED) is 0.915. The van der Waals surface area contributed by atoms with Gasteiger partial charge in [-0.05, 0) is 42.5 Å². The fourth-order valence-corrected chi connectivity index (χ4v) is 2.98. The summed E-state index contributed by atoms with van der Waals surface area (Å²) >= 11 is 6.03. The molecule has 4 nitrogen and oxygen atoms in total. The van der Waals surface area contributed by atoms with E-state index in [1.54, 1.807) is 12.1 Å². The smallest absolute Gasteiger partial charge is 0.244 e. The summed E-state index contributed by atoms with van der Waals surface area (Å²) in [6.07, 6.45) is 7.20. The highest BCUT2D eigenvalue weighted by atomic mass is 35.5. The predicted molar refractivity (Wildman–Crippen MR) is 84.4 cm³/mol. The molecule has 0 spiro atoms. The van der Waals surface area contributed by atoms with Crippen LogP contribution in [-0.2, 0) is 17.8 Å². The number of carbonyl (C=O) groups is 1. The van der Waals surface area contributed by atoms with Gasteiger partial charge in [-0.15, -0.1) is 0 Å². The Bertz CT molecular complexity index is 665. The second-order valence-corrected chi connectivity index (χ2v) is 5.85. The average molecular weight is 304 g/mol. The largest absolute Gasteiger partial charge is 0.344 e. The molecule has 1 amide bonds. The van der Waals surface area contributed by atoms with Crippen molar-refractivity contribution < 1.29 is 4.79 Å². The van der Waals surface area contributed by atoms with Gasteiger partial charge in [-0.1, -0.05) is 23.7 Å². The van der Waals surface area contributed by atoms with E-state index in [4.69, 9.17) is 17.3 Å². The molecule has 1 heterocycles. The number of para-hydroxylation sites is 1. The number of fused-ring (bicyclic) bond motifs is 1. The number of nitrogens with one attached hydrogen (secondary N) is 1. The molecule has 0 saturated carbocycles. The number of anilines is 1. The van der Waals surface area contributed by atoms with E-state index in [9.17, 15) is 4.79 Å². The zero-order chi connectivity index (χ0) is 14.8. The molecule has 1 aliphatic rings. The summed E-state index contributed by atoms with van der Waals surface area (Å²) in [7, 11) is 0. The lowest BCUT2D eigenvalue weighted by molar-refractivity contribution is -0.116. The number of rotatable bonds is 3. The minimum absolute atomic E-state index is 0.0935. The first kappa shape index (κ1) is 14.2. The number of aromatic nitrogens is 1. The van der Waals surface area contributed by atoms with Crippen LogP contribution in [0.15, 0.2) is 36.7 Å². The molecule has 0 aliphatic heterocycles. The number of amides is 1. The Morgan fingerprint density at radius 2 is 2.19 bits per heavy atom. The van der Waals surface area contributed by atoms with Crippen molar-refractivity contribution in [3.8, 4) is 0 Å². The molecule has 1 aliphatic carbocycles. The summed E-state index contributed by atoms with van der Waals surface area (Å²) in [5.74, 6) is -0.0935. The first-order chi connectivity index (χ1) is 10.1. The lowest BCUT2D eigenvalue weighted by atomic mass is 9.92. The predicted octanol–water partition coefficient (Wildman–Crippen LogP) is 3.12. The average Bonchev–Trinajstić information content (AvgIpc) is 2.85. The van der Waals surface area contributed by atoms with Crippen LogP contribution in [0.25, 0.3) is 0 Å². The highest BCUT2D eigenvalue weighted by Gasteiger charge is 2.19. The van der Waals surface area contributed by atoms with Gasteiger partial charge in [0.1, 0.15) is 6.54 Å². The van der Waals surface area contributed by atoms with Crippen molar-refractivity contribution in [1.82, 2.24) is 4.57 Å². The van der Waals surface area contributed by atoms with Crippen LogP contribution in [0.2, 0.25) is 5.02 Å². The van der Waals surface area contributed by atoms with Crippen LogP contribution >= 0.6 is 11.6 Å². The maximum absolute atomic E-state index is 12.1. The standard InChI is InChI=1S/C16H18ClN3O/c17-13-5-1-2-7-15(13)19-16(21)10-20-8-11-4-3-6-14(18)12(11)9-20/h1-2,5,7-9,14H,3-4,6,10,18H2,(H,19,21). The third kappa shape index (κ3) is 3.12. The van der Waals surface area contributed by atoms with Gasteiger partial charge in [0.25, 0.3) is 0 Å². The molecule has 5 heteroatoms. The summed E-state index contributed by atoms with van der Waals surface area (Å²) < 4.78 is 1.90. The molecule has 1 unspecified atom stereocenters. The van der Waals surface area contributed by atoms with Gasteiger partial charge >= 0.3 is 0 Å². The van der Waals surface area contributed by atoms with E-state index < -0.39 is 0 Å². The molecule has 0 bridgehead atoms. The van der Waals surface area contributed by atoms with Crippen LogP contribution in [0.3, 0.4) is 0 Å². The van der Waals surface area contributed by atoms with Crippen LogP contribution < -0.4 is 11.1 Å². The number of benzene rings is 1. The molecule has 1 atom stereocenters. The van der Waals surface area contributed by atoms with E-state index >= 15 is 0 Å². The van der Waals surface area contributed by atoms with Crippen molar-refractivity contribution >= 4 is 23.2 Å². The molecule has 21 heavy (non-hydrogen) atoms. The summed E-state index contributed by atoms with van der Waals surface area (Å²) in [6, 6.07) is 7.32. The molecule has 1 aromatic carbocycles. The van der Waals surface area contributed by atoms with Crippen molar-refractivity contribution in [1.29, 1.82) is 0 Å². The Hall–Kier alpha value is -1.78. The lowest BCUT2D eigenvalue weighted by Gasteiger charge is -2.17. The summed E-state index contributed by atoms with van der Waals surface area (Å²) in [5.41, 5.74) is 9.18. The van der Waals surface area contributed by atoms with Crippen LogP contribution in [0.4, 0.5) is 5.69 Å². The number of hydrogen-bond acceptors (Lipinski definition) is 2. The maximum Gasteiger partial charge on any atom is 0.244 e. The second kappa shape index (κ2) is 5.92. The van der Waals surface area contributed by atoms with Crippen molar-refractivity contribution in [2.45, 2.75) is 31.8 Å². The maximum atomic E-state index is 12.1. The van der Waals surface area contributed by atoms with E-state index in [-0.39, 0.29) is 18.5 Å². The molecule has 3 rings (SSSR count). The monoisotopic (exact) mass is 303 g/mol. The van der Waals surface area contributed by atoms with Crippen molar-refractivity contribution in [3.63, 3.8) is 0 Å². The van der Waals surface area contributed by atoms with Gasteiger partial charge in [0.15, 0.2) is 0 Å². The summed E-state index contributed by atoms with van der Waals surface area (Å²) in [5, 5.41) is 3.37.